The molecule has 4 atom stereocenters. The van der Waals surface area contributed by atoms with Crippen molar-refractivity contribution in [1.82, 2.24) is 39.4 Å². The number of nitrogens with one attached hydrogen (secondary N) is 1. The van der Waals surface area contributed by atoms with Crippen molar-refractivity contribution in [3.05, 3.63) is 80.7 Å². The molecule has 2 amide bonds. The highest BCUT2D eigenvalue weighted by atomic mass is 35.5. The normalized spacial score (nSPS) is 20.7. The van der Waals surface area contributed by atoms with Crippen LogP contribution in [0.15, 0.2) is 47.7 Å². The number of alkyl halides is 3. The predicted octanol–water partition coefficient (Wildman–Crippen LogP) is 4.64. The number of amides is 2. The quantitative estimate of drug-likeness (QED) is 0.247. The van der Waals surface area contributed by atoms with E-state index in [0.717, 1.165) is 18.2 Å². The highest BCUT2D eigenvalue weighted by Gasteiger charge is 2.49. The molecule has 3 aliphatic rings. The van der Waals surface area contributed by atoms with E-state index in [2.05, 4.69) is 30.5 Å². The molecule has 0 spiro atoms. The summed E-state index contributed by atoms with van der Waals surface area (Å²) in [6.07, 6.45) is -0.364. The van der Waals surface area contributed by atoms with E-state index in [-0.39, 0.29) is 82.4 Å². The fraction of sp³-hybridized carbons (Fsp3) is 0.371. The molecule has 0 radical (unpaired) electrons. The van der Waals surface area contributed by atoms with Gasteiger partial charge in [0.2, 0.25) is 17.2 Å². The van der Waals surface area contributed by atoms with Crippen LogP contribution in [0.5, 0.6) is 11.6 Å². The van der Waals surface area contributed by atoms with E-state index in [4.69, 9.17) is 16.3 Å². The number of methoxy groups -OCH3 is 1. The largest absolute Gasteiger partial charge is 0.504 e. The zero-order chi connectivity index (χ0) is 38.2. The number of nitrogens with zero attached hydrogens (tertiary/aromatic N) is 9. The number of piperazine rings is 1. The first kappa shape index (κ1) is 35.3. The van der Waals surface area contributed by atoms with Crippen LogP contribution >= 0.6 is 11.6 Å². The summed E-state index contributed by atoms with van der Waals surface area (Å²) in [5.74, 6) is -1.38. The molecule has 5 aromatic rings. The average molecular weight is 765 g/mol. The number of hydrogen-bond acceptors (Lipinski definition) is 11. The van der Waals surface area contributed by atoms with Crippen LogP contribution in [0.4, 0.5) is 24.5 Å². The monoisotopic (exact) mass is 764 g/mol. The van der Waals surface area contributed by atoms with E-state index in [1.807, 2.05) is 11.8 Å². The Labute approximate surface area is 309 Å². The van der Waals surface area contributed by atoms with Gasteiger partial charge in [0.25, 0.3) is 5.91 Å². The van der Waals surface area contributed by atoms with Crippen LogP contribution in [0.25, 0.3) is 16.9 Å². The molecular weight excluding hydrogens is 733 g/mol. The number of hydrogen-bond donors (Lipinski definition) is 2. The van der Waals surface area contributed by atoms with Gasteiger partial charge in [0.1, 0.15) is 18.1 Å². The van der Waals surface area contributed by atoms with Gasteiger partial charge < -0.3 is 29.5 Å². The molecule has 2 aliphatic heterocycles. The van der Waals surface area contributed by atoms with Crippen LogP contribution in [-0.2, 0) is 11.0 Å². The molecular formula is C35H32ClF3N10O5. The molecule has 1 aromatic carbocycles. The topological polar surface area (TPSA) is 173 Å². The van der Waals surface area contributed by atoms with Crippen molar-refractivity contribution >= 4 is 46.0 Å². The lowest BCUT2D eigenvalue weighted by Crippen LogP contribution is -2.67. The van der Waals surface area contributed by atoms with Gasteiger partial charge >= 0.3 is 6.18 Å². The molecule has 15 nitrogen and oxygen atoms in total. The highest BCUT2D eigenvalue weighted by molar-refractivity contribution is 6.33. The number of ether oxygens (including phenoxy) is 1. The molecule has 4 aromatic heterocycles. The number of carbonyl (C=O) groups excluding carboxylic acids is 2. The second-order valence-corrected chi connectivity index (χ2v) is 14.0. The van der Waals surface area contributed by atoms with Crippen molar-refractivity contribution in [3.8, 4) is 17.3 Å². The van der Waals surface area contributed by atoms with Crippen LogP contribution < -0.4 is 20.4 Å². The Morgan fingerprint density at radius 2 is 1.83 bits per heavy atom. The maximum Gasteiger partial charge on any atom is 0.416 e. The summed E-state index contributed by atoms with van der Waals surface area (Å²) in [4.78, 5) is 59.5. The Bertz CT molecular complexity index is 2420. The van der Waals surface area contributed by atoms with Crippen LogP contribution in [0.1, 0.15) is 65.6 Å². The molecule has 0 bridgehead atoms. The zero-order valence-corrected chi connectivity index (χ0v) is 29.8. The molecule has 1 saturated heterocycles. The summed E-state index contributed by atoms with van der Waals surface area (Å²) in [6.45, 7) is 3.94. The summed E-state index contributed by atoms with van der Waals surface area (Å²) in [7, 11) is 1.45. The van der Waals surface area contributed by atoms with Gasteiger partial charge in [-0.05, 0) is 50.5 Å². The Morgan fingerprint density at radius 1 is 1.06 bits per heavy atom. The van der Waals surface area contributed by atoms with Crippen molar-refractivity contribution < 1.29 is 32.6 Å². The van der Waals surface area contributed by atoms with Crippen molar-refractivity contribution in [2.75, 3.05) is 30.4 Å². The third-order valence-electron chi connectivity index (χ3n) is 10.5. The third-order valence-corrected chi connectivity index (χ3v) is 10.8. The molecule has 1 aliphatic carbocycles. The van der Waals surface area contributed by atoms with Crippen LogP contribution in [0, 0.1) is 6.92 Å². The summed E-state index contributed by atoms with van der Waals surface area (Å²) in [6, 6.07) is 4.36. The van der Waals surface area contributed by atoms with Crippen molar-refractivity contribution in [3.63, 3.8) is 0 Å². The number of aromatic nitrogens is 7. The van der Waals surface area contributed by atoms with E-state index >= 15 is 0 Å². The Hall–Kier alpha value is -5.78. The lowest BCUT2D eigenvalue weighted by Gasteiger charge is -2.54. The van der Waals surface area contributed by atoms with E-state index in [0.29, 0.717) is 29.9 Å². The molecule has 2 fully saturated rings. The van der Waals surface area contributed by atoms with E-state index < -0.39 is 35.0 Å². The number of fused-ring (bicyclic) bond motifs is 4. The van der Waals surface area contributed by atoms with Crippen LogP contribution in [0.3, 0.4) is 0 Å². The summed E-state index contributed by atoms with van der Waals surface area (Å²) in [5, 5.41) is 22.3. The highest BCUT2D eigenvalue weighted by Crippen LogP contribution is 2.46. The first-order valence-electron chi connectivity index (χ1n) is 17.1. The first-order valence-corrected chi connectivity index (χ1v) is 17.5. The number of rotatable bonds is 6. The van der Waals surface area contributed by atoms with Gasteiger partial charge in [-0.25, -0.2) is 15.0 Å². The maximum atomic E-state index is 14.7. The van der Waals surface area contributed by atoms with Crippen molar-refractivity contribution in [1.29, 1.82) is 0 Å². The smallest absolute Gasteiger partial charge is 0.416 e. The first-order chi connectivity index (χ1) is 25.8. The standard InChI is InChI=1S/C35H32ClF3N10O5/c1-16-12-24(33(52)43-21-5-4-18(13-20(21)36)35(37,38)39)48-28(16)29(31(51)26-32(48)45-49(44-26)19-8-9-40-25(14-19)54-3)46-10-11-47(23-7-6-22(23)46)34(53)27-30(50)17(2)41-15-42-27/h4-5,8-9,13-16,22-24,50H,6-7,10-12H2,1-3H3,(H,43,52)/t16-,22-,23-,24-/m0/s1. The van der Waals surface area contributed by atoms with Gasteiger partial charge in [-0.3, -0.25) is 14.4 Å². The molecule has 8 rings (SSSR count). The SMILES string of the molecule is COc1cc(-n2nc3c(=O)c(N4CCN(C(=O)c5ncnc(C)c5O)[C@H]5CC[C@@H]54)c4n(c3n2)[C@H](C(=O)Nc2ccc(C(F)(F)F)cc2Cl)C[C@@H]4C)ccn1. The van der Waals surface area contributed by atoms with E-state index in [1.54, 1.807) is 28.5 Å². The number of halogens is 4. The van der Waals surface area contributed by atoms with Gasteiger partial charge in [0, 0.05) is 37.3 Å². The number of aromatic hydroxyl groups is 1. The molecule has 1 saturated carbocycles. The lowest BCUT2D eigenvalue weighted by molar-refractivity contribution is -0.137. The summed E-state index contributed by atoms with van der Waals surface area (Å²) in [5.41, 5.74) is 0.236. The number of pyridine rings is 2. The van der Waals surface area contributed by atoms with E-state index in [9.17, 15) is 32.7 Å². The molecule has 54 heavy (non-hydrogen) atoms. The lowest BCUT2D eigenvalue weighted by atomic mass is 9.81. The van der Waals surface area contributed by atoms with Crippen molar-refractivity contribution in [2.45, 2.75) is 63.3 Å². The molecule has 2 N–H and O–H groups in total. The van der Waals surface area contributed by atoms with Gasteiger partial charge in [-0.15, -0.1) is 15.0 Å². The average Bonchev–Trinajstić information content (AvgIpc) is 3.72. The number of anilines is 2. The summed E-state index contributed by atoms with van der Waals surface area (Å²) < 4.78 is 47.0. The second-order valence-electron chi connectivity index (χ2n) is 13.5. The van der Waals surface area contributed by atoms with Crippen LogP contribution in [-0.4, -0.2) is 88.6 Å². The fourth-order valence-electron chi connectivity index (χ4n) is 7.69. The Balaban J connectivity index is 1.22. The molecule has 280 valence electrons. The van der Waals surface area contributed by atoms with Gasteiger partial charge in [-0.2, -0.15) is 13.2 Å². The fourth-order valence-corrected chi connectivity index (χ4v) is 7.92. The van der Waals surface area contributed by atoms with Crippen LogP contribution in [0.2, 0.25) is 5.02 Å². The zero-order valence-electron chi connectivity index (χ0n) is 29.0. The van der Waals surface area contributed by atoms with Crippen molar-refractivity contribution in [2.24, 2.45) is 0 Å². The van der Waals surface area contributed by atoms with Gasteiger partial charge in [-0.1, -0.05) is 18.5 Å². The van der Waals surface area contributed by atoms with Gasteiger partial charge in [0.15, 0.2) is 22.6 Å². The molecule has 19 heteroatoms. The minimum absolute atomic E-state index is 0.0103. The minimum atomic E-state index is -4.63. The Morgan fingerprint density at radius 3 is 2.54 bits per heavy atom. The Kier molecular flexibility index (Phi) is 8.46. The van der Waals surface area contributed by atoms with Gasteiger partial charge in [0.05, 0.1) is 46.5 Å². The summed E-state index contributed by atoms with van der Waals surface area (Å²) >= 11 is 6.22. The maximum absolute atomic E-state index is 14.7. The number of benzene rings is 1. The molecule has 6 heterocycles. The number of carbonyl (C=O) groups is 2. The minimum Gasteiger partial charge on any atom is -0.504 e. The van der Waals surface area contributed by atoms with E-state index in [1.165, 1.54) is 24.4 Å². The predicted molar refractivity (Wildman–Crippen MR) is 188 cm³/mol. The second kappa shape index (κ2) is 13.0. The number of aryl methyl sites for hydroxylation is 1. The third kappa shape index (κ3) is 5.66. The molecule has 0 unspecified atom stereocenters.